The number of ether oxygens (including phenoxy) is 1. The molecule has 5 heteroatoms. The average molecular weight is 288 g/mol. The summed E-state index contributed by atoms with van der Waals surface area (Å²) in [5.41, 5.74) is 1.31. The highest BCUT2D eigenvalue weighted by atomic mass is 16.5. The van der Waals surface area contributed by atoms with Crippen molar-refractivity contribution in [1.82, 2.24) is 9.97 Å². The molecule has 0 atom stereocenters. The molecule has 112 valence electrons. The van der Waals surface area contributed by atoms with E-state index in [-0.39, 0.29) is 5.56 Å². The van der Waals surface area contributed by atoms with E-state index in [1.165, 1.54) is 0 Å². The lowest BCUT2D eigenvalue weighted by atomic mass is 10.0. The molecule has 1 aromatic heterocycles. The standard InChI is InChI=1S/C16H20N2O3/c1-10(2)9-21-13-6-4-5-12(7-13)8-14-11(3)17-16(20)18-15(14)19/h4-7,10H,8-9H2,1-3H3,(H2,17,18,19,20). The van der Waals surface area contributed by atoms with Crippen molar-refractivity contribution in [3.05, 3.63) is 61.9 Å². The second-order valence-corrected chi connectivity index (χ2v) is 5.54. The Morgan fingerprint density at radius 1 is 1.19 bits per heavy atom. The summed E-state index contributed by atoms with van der Waals surface area (Å²) < 4.78 is 5.68. The molecule has 0 bridgehead atoms. The number of aromatic nitrogens is 2. The first kappa shape index (κ1) is 15.1. The number of aromatic amines is 2. The molecule has 0 aliphatic rings. The molecule has 0 fully saturated rings. The van der Waals surface area contributed by atoms with E-state index in [1.54, 1.807) is 6.92 Å². The minimum Gasteiger partial charge on any atom is -0.493 e. The van der Waals surface area contributed by atoms with Crippen molar-refractivity contribution >= 4 is 0 Å². The Labute approximate surface area is 123 Å². The topological polar surface area (TPSA) is 75.0 Å². The van der Waals surface area contributed by atoms with Crippen molar-refractivity contribution in [3.63, 3.8) is 0 Å². The maximum absolute atomic E-state index is 11.9. The zero-order chi connectivity index (χ0) is 15.4. The smallest absolute Gasteiger partial charge is 0.325 e. The highest BCUT2D eigenvalue weighted by Crippen LogP contribution is 2.16. The minimum atomic E-state index is -0.477. The molecule has 0 aliphatic carbocycles. The van der Waals surface area contributed by atoms with Crippen LogP contribution >= 0.6 is 0 Å². The Hall–Kier alpha value is -2.30. The van der Waals surface area contributed by atoms with Gasteiger partial charge in [-0.3, -0.25) is 9.78 Å². The molecule has 0 aliphatic heterocycles. The molecule has 1 heterocycles. The molecular formula is C16H20N2O3. The monoisotopic (exact) mass is 288 g/mol. The highest BCUT2D eigenvalue weighted by Gasteiger charge is 2.08. The van der Waals surface area contributed by atoms with E-state index in [0.29, 0.717) is 30.2 Å². The lowest BCUT2D eigenvalue weighted by Crippen LogP contribution is -2.27. The molecular weight excluding hydrogens is 268 g/mol. The summed E-state index contributed by atoms with van der Waals surface area (Å²) in [6.45, 7) is 6.56. The number of H-pyrrole nitrogens is 2. The van der Waals surface area contributed by atoms with Crippen LogP contribution in [0.1, 0.15) is 30.7 Å². The molecule has 2 aromatic rings. The molecule has 0 amide bonds. The molecule has 0 radical (unpaired) electrons. The van der Waals surface area contributed by atoms with Crippen LogP contribution in [0.15, 0.2) is 33.9 Å². The molecule has 2 N–H and O–H groups in total. The number of nitrogens with one attached hydrogen (secondary N) is 2. The van der Waals surface area contributed by atoms with Crippen LogP contribution in [0.2, 0.25) is 0 Å². The zero-order valence-corrected chi connectivity index (χ0v) is 12.5. The SMILES string of the molecule is Cc1[nH]c(=O)[nH]c(=O)c1Cc1cccc(OCC(C)C)c1. The van der Waals surface area contributed by atoms with Gasteiger partial charge in [0.25, 0.3) is 5.56 Å². The minimum absolute atomic E-state index is 0.343. The predicted molar refractivity (Wildman–Crippen MR) is 82.0 cm³/mol. The van der Waals surface area contributed by atoms with Gasteiger partial charge in [-0.2, -0.15) is 0 Å². The Kier molecular flexibility index (Phi) is 4.62. The molecule has 5 nitrogen and oxygen atoms in total. The summed E-state index contributed by atoms with van der Waals surface area (Å²) in [5, 5.41) is 0. The maximum Gasteiger partial charge on any atom is 0.325 e. The lowest BCUT2D eigenvalue weighted by Gasteiger charge is -2.10. The van der Waals surface area contributed by atoms with Crippen LogP contribution in [-0.2, 0) is 6.42 Å². The fraction of sp³-hybridized carbons (Fsp3) is 0.375. The van der Waals surface area contributed by atoms with Gasteiger partial charge in [-0.25, -0.2) is 4.79 Å². The fourth-order valence-electron chi connectivity index (χ4n) is 2.05. The van der Waals surface area contributed by atoms with Gasteiger partial charge in [0.2, 0.25) is 0 Å². The van der Waals surface area contributed by atoms with Gasteiger partial charge in [0.1, 0.15) is 5.75 Å². The third-order valence-electron chi connectivity index (χ3n) is 3.12. The molecule has 0 saturated carbocycles. The summed E-state index contributed by atoms with van der Waals surface area (Å²) in [6, 6.07) is 7.66. The predicted octanol–water partition coefficient (Wildman–Crippen LogP) is 2.00. The first-order valence-electron chi connectivity index (χ1n) is 6.99. The summed E-state index contributed by atoms with van der Waals surface area (Å²) in [5.74, 6) is 1.25. The van der Waals surface area contributed by atoms with Gasteiger partial charge in [-0.05, 0) is 30.5 Å². The van der Waals surface area contributed by atoms with Crippen LogP contribution < -0.4 is 16.0 Å². The van der Waals surface area contributed by atoms with E-state index in [9.17, 15) is 9.59 Å². The zero-order valence-electron chi connectivity index (χ0n) is 12.5. The van der Waals surface area contributed by atoms with E-state index in [4.69, 9.17) is 4.74 Å². The van der Waals surface area contributed by atoms with Crippen molar-refractivity contribution in [3.8, 4) is 5.75 Å². The van der Waals surface area contributed by atoms with Crippen molar-refractivity contribution in [2.24, 2.45) is 5.92 Å². The number of rotatable bonds is 5. The van der Waals surface area contributed by atoms with E-state index in [1.807, 2.05) is 24.3 Å². The highest BCUT2D eigenvalue weighted by molar-refractivity contribution is 5.33. The van der Waals surface area contributed by atoms with Gasteiger partial charge in [-0.15, -0.1) is 0 Å². The number of benzene rings is 1. The number of hydrogen-bond acceptors (Lipinski definition) is 3. The summed E-state index contributed by atoms with van der Waals surface area (Å²) in [7, 11) is 0. The Morgan fingerprint density at radius 3 is 2.62 bits per heavy atom. The third-order valence-corrected chi connectivity index (χ3v) is 3.12. The van der Waals surface area contributed by atoms with Crippen LogP contribution in [0.3, 0.4) is 0 Å². The molecule has 0 saturated heterocycles. The Bertz CT molecular complexity index is 729. The van der Waals surface area contributed by atoms with Gasteiger partial charge in [0.05, 0.1) is 6.61 Å². The van der Waals surface area contributed by atoms with Crippen LogP contribution in [0.5, 0.6) is 5.75 Å². The Morgan fingerprint density at radius 2 is 1.95 bits per heavy atom. The van der Waals surface area contributed by atoms with Gasteiger partial charge in [0, 0.05) is 17.7 Å². The quantitative estimate of drug-likeness (QED) is 0.883. The van der Waals surface area contributed by atoms with Crippen LogP contribution in [0.25, 0.3) is 0 Å². The van der Waals surface area contributed by atoms with E-state index >= 15 is 0 Å². The molecule has 2 rings (SSSR count). The largest absolute Gasteiger partial charge is 0.493 e. The third kappa shape index (κ3) is 4.08. The first-order chi connectivity index (χ1) is 9.95. The summed E-state index contributed by atoms with van der Waals surface area (Å²) in [6.07, 6.45) is 0.455. The van der Waals surface area contributed by atoms with Crippen molar-refractivity contribution in [2.75, 3.05) is 6.61 Å². The van der Waals surface area contributed by atoms with Crippen LogP contribution in [0, 0.1) is 12.8 Å². The average Bonchev–Trinajstić information content (AvgIpc) is 2.41. The summed E-state index contributed by atoms with van der Waals surface area (Å²) in [4.78, 5) is 27.9. The molecule has 0 unspecified atom stereocenters. The van der Waals surface area contributed by atoms with Gasteiger partial charge in [0.15, 0.2) is 0 Å². The van der Waals surface area contributed by atoms with Crippen molar-refractivity contribution < 1.29 is 4.74 Å². The molecule has 0 spiro atoms. The summed E-state index contributed by atoms with van der Waals surface area (Å²) >= 11 is 0. The number of hydrogen-bond donors (Lipinski definition) is 2. The van der Waals surface area contributed by atoms with Crippen LogP contribution in [0.4, 0.5) is 0 Å². The molecule has 21 heavy (non-hydrogen) atoms. The van der Waals surface area contributed by atoms with Gasteiger partial charge >= 0.3 is 5.69 Å². The van der Waals surface area contributed by atoms with Crippen molar-refractivity contribution in [2.45, 2.75) is 27.2 Å². The van der Waals surface area contributed by atoms with Gasteiger partial charge < -0.3 is 9.72 Å². The fourth-order valence-corrected chi connectivity index (χ4v) is 2.05. The number of aryl methyl sites for hydroxylation is 1. The van der Waals surface area contributed by atoms with E-state index in [0.717, 1.165) is 11.3 Å². The maximum atomic E-state index is 11.9. The molecule has 1 aromatic carbocycles. The van der Waals surface area contributed by atoms with E-state index < -0.39 is 5.69 Å². The first-order valence-corrected chi connectivity index (χ1v) is 6.99. The lowest BCUT2D eigenvalue weighted by molar-refractivity contribution is 0.271. The van der Waals surface area contributed by atoms with E-state index in [2.05, 4.69) is 23.8 Å². The second-order valence-electron chi connectivity index (χ2n) is 5.54. The van der Waals surface area contributed by atoms with Crippen molar-refractivity contribution in [1.29, 1.82) is 0 Å². The van der Waals surface area contributed by atoms with Gasteiger partial charge in [-0.1, -0.05) is 26.0 Å². The van der Waals surface area contributed by atoms with Crippen LogP contribution in [-0.4, -0.2) is 16.6 Å². The normalized spacial score (nSPS) is 10.9. The Balaban J connectivity index is 2.22. The second kappa shape index (κ2) is 6.43.